The Labute approximate surface area is 130 Å². The minimum atomic E-state index is 0.211. The number of hydrogen-bond acceptors (Lipinski definition) is 2. The third-order valence-electron chi connectivity index (χ3n) is 3.72. The van der Waals surface area contributed by atoms with Gasteiger partial charge in [-0.3, -0.25) is 4.79 Å². The molecule has 5 heteroatoms. The highest BCUT2D eigenvalue weighted by molar-refractivity contribution is 6.35. The molecule has 1 amide bonds. The number of hydrogen-bond donors (Lipinski definition) is 1. The van der Waals surface area contributed by atoms with Gasteiger partial charge in [0.1, 0.15) is 0 Å². The number of nitrogens with zero attached hydrogens (tertiary/aromatic N) is 1. The number of nitrogens with one attached hydrogen (secondary N) is 1. The molecular weight excluding hydrogens is 295 g/mol. The summed E-state index contributed by atoms with van der Waals surface area (Å²) >= 11 is 12.0. The van der Waals surface area contributed by atoms with Crippen molar-refractivity contribution in [1.29, 1.82) is 0 Å². The molecule has 1 fully saturated rings. The van der Waals surface area contributed by atoms with Gasteiger partial charge in [-0.25, -0.2) is 0 Å². The van der Waals surface area contributed by atoms with Crippen molar-refractivity contribution in [1.82, 2.24) is 4.90 Å². The molecule has 1 aliphatic heterocycles. The van der Waals surface area contributed by atoms with Gasteiger partial charge in [-0.15, -0.1) is 0 Å². The second kappa shape index (κ2) is 7.19. The molecule has 1 N–H and O–H groups in total. The van der Waals surface area contributed by atoms with Crippen molar-refractivity contribution in [2.24, 2.45) is 5.92 Å². The number of rotatable bonds is 4. The van der Waals surface area contributed by atoms with Crippen molar-refractivity contribution in [3.63, 3.8) is 0 Å². The summed E-state index contributed by atoms with van der Waals surface area (Å²) in [5, 5.41) is 4.42. The van der Waals surface area contributed by atoms with Crippen LogP contribution in [0.15, 0.2) is 18.2 Å². The molecule has 0 atom stereocenters. The quantitative estimate of drug-likeness (QED) is 0.909. The van der Waals surface area contributed by atoms with Crippen LogP contribution in [0, 0.1) is 5.92 Å². The molecule has 1 aromatic carbocycles. The average Bonchev–Trinajstić information content (AvgIpc) is 2.43. The lowest BCUT2D eigenvalue weighted by atomic mass is 9.99. The maximum Gasteiger partial charge on any atom is 0.224 e. The second-order valence-electron chi connectivity index (χ2n) is 5.36. The van der Waals surface area contributed by atoms with Gasteiger partial charge in [0.25, 0.3) is 0 Å². The Morgan fingerprint density at radius 1 is 1.35 bits per heavy atom. The summed E-state index contributed by atoms with van der Waals surface area (Å²) in [5.74, 6) is 0.949. The van der Waals surface area contributed by atoms with Crippen LogP contribution in [0.25, 0.3) is 0 Å². The van der Waals surface area contributed by atoms with Gasteiger partial charge in [0.2, 0.25) is 5.91 Å². The maximum atomic E-state index is 12.1. The molecule has 3 nitrogen and oxygen atoms in total. The number of benzene rings is 1. The molecule has 0 saturated carbocycles. The number of halogens is 2. The van der Waals surface area contributed by atoms with Crippen molar-refractivity contribution in [3.8, 4) is 0 Å². The van der Waals surface area contributed by atoms with Gasteiger partial charge in [0, 0.05) is 31.1 Å². The average molecular weight is 315 g/mol. The molecule has 0 aromatic heterocycles. The molecule has 0 spiro atoms. The number of likely N-dealkylation sites (tertiary alicyclic amines) is 1. The summed E-state index contributed by atoms with van der Waals surface area (Å²) < 4.78 is 0. The predicted octanol–water partition coefficient (Wildman–Crippen LogP) is 4.05. The number of anilines is 1. The van der Waals surface area contributed by atoms with Gasteiger partial charge in [0.05, 0.1) is 10.7 Å². The van der Waals surface area contributed by atoms with Crippen LogP contribution in [0.4, 0.5) is 5.69 Å². The van der Waals surface area contributed by atoms with Crippen molar-refractivity contribution < 1.29 is 4.79 Å². The fraction of sp³-hybridized carbons (Fsp3) is 0.533. The van der Waals surface area contributed by atoms with Gasteiger partial charge < -0.3 is 10.2 Å². The molecule has 1 heterocycles. The summed E-state index contributed by atoms with van der Waals surface area (Å²) in [6.45, 7) is 4.59. The van der Waals surface area contributed by atoms with Crippen LogP contribution < -0.4 is 5.32 Å². The Bertz CT molecular complexity index is 471. The fourth-order valence-corrected chi connectivity index (χ4v) is 2.71. The largest absolute Gasteiger partial charge is 0.383 e. The van der Waals surface area contributed by atoms with E-state index in [9.17, 15) is 4.79 Å². The summed E-state index contributed by atoms with van der Waals surface area (Å²) in [6.07, 6.45) is 2.70. The minimum absolute atomic E-state index is 0.211. The summed E-state index contributed by atoms with van der Waals surface area (Å²) in [6, 6.07) is 5.27. The standard InChI is InChI=1S/C15H20Cl2N2O/c1-11-5-8-19(9-6-11)15(20)4-7-18-14-10-12(16)2-3-13(14)17/h2-3,10-11,18H,4-9H2,1H3. The highest BCUT2D eigenvalue weighted by Gasteiger charge is 2.19. The predicted molar refractivity (Wildman–Crippen MR) is 84.5 cm³/mol. The second-order valence-corrected chi connectivity index (χ2v) is 6.21. The number of amides is 1. The zero-order chi connectivity index (χ0) is 14.5. The molecule has 0 unspecified atom stereocenters. The van der Waals surface area contributed by atoms with E-state index in [1.807, 2.05) is 4.90 Å². The Kier molecular flexibility index (Phi) is 5.55. The van der Waals surface area contributed by atoms with Crippen LogP contribution in [0.5, 0.6) is 0 Å². The fourth-order valence-electron chi connectivity index (χ4n) is 2.35. The zero-order valence-electron chi connectivity index (χ0n) is 11.7. The lowest BCUT2D eigenvalue weighted by Gasteiger charge is -2.30. The summed E-state index contributed by atoms with van der Waals surface area (Å²) in [7, 11) is 0. The van der Waals surface area contributed by atoms with Gasteiger partial charge in [-0.1, -0.05) is 30.1 Å². The van der Waals surface area contributed by atoms with E-state index in [-0.39, 0.29) is 5.91 Å². The smallest absolute Gasteiger partial charge is 0.224 e. The van der Waals surface area contributed by atoms with Crippen molar-refractivity contribution in [3.05, 3.63) is 28.2 Å². The monoisotopic (exact) mass is 314 g/mol. The Morgan fingerprint density at radius 3 is 2.75 bits per heavy atom. The summed E-state index contributed by atoms with van der Waals surface area (Å²) in [5.41, 5.74) is 0.777. The number of carbonyl (C=O) groups is 1. The Hall–Kier alpha value is -0.930. The van der Waals surface area contributed by atoms with E-state index in [1.165, 1.54) is 0 Å². The molecule has 0 radical (unpaired) electrons. The lowest BCUT2D eigenvalue weighted by molar-refractivity contribution is -0.132. The number of piperidine rings is 1. The minimum Gasteiger partial charge on any atom is -0.383 e. The highest BCUT2D eigenvalue weighted by atomic mass is 35.5. The first-order valence-electron chi connectivity index (χ1n) is 7.03. The third kappa shape index (κ3) is 4.29. The maximum absolute atomic E-state index is 12.1. The van der Waals surface area contributed by atoms with E-state index in [2.05, 4.69) is 12.2 Å². The lowest BCUT2D eigenvalue weighted by Crippen LogP contribution is -2.38. The molecule has 0 aliphatic carbocycles. The van der Waals surface area contributed by atoms with E-state index in [0.717, 1.165) is 37.5 Å². The van der Waals surface area contributed by atoms with Crippen molar-refractivity contribution in [2.75, 3.05) is 25.0 Å². The van der Waals surface area contributed by atoms with Crippen LogP contribution in [-0.4, -0.2) is 30.4 Å². The van der Waals surface area contributed by atoms with Gasteiger partial charge in [-0.2, -0.15) is 0 Å². The molecule has 1 aliphatic rings. The van der Waals surface area contributed by atoms with E-state index >= 15 is 0 Å². The van der Waals surface area contributed by atoms with E-state index in [4.69, 9.17) is 23.2 Å². The van der Waals surface area contributed by atoms with Crippen LogP contribution in [0.3, 0.4) is 0 Å². The van der Waals surface area contributed by atoms with E-state index in [0.29, 0.717) is 23.0 Å². The van der Waals surface area contributed by atoms with Gasteiger partial charge >= 0.3 is 0 Å². The number of carbonyl (C=O) groups excluding carboxylic acids is 1. The SMILES string of the molecule is CC1CCN(C(=O)CCNc2cc(Cl)ccc2Cl)CC1. The van der Waals surface area contributed by atoms with Crippen LogP contribution in [-0.2, 0) is 4.79 Å². The highest BCUT2D eigenvalue weighted by Crippen LogP contribution is 2.25. The van der Waals surface area contributed by atoms with Crippen LogP contribution in [0.2, 0.25) is 10.0 Å². The third-order valence-corrected chi connectivity index (χ3v) is 4.28. The Balaban J connectivity index is 1.78. The first-order chi connectivity index (χ1) is 9.56. The van der Waals surface area contributed by atoms with Crippen LogP contribution in [0.1, 0.15) is 26.2 Å². The van der Waals surface area contributed by atoms with Gasteiger partial charge in [0.15, 0.2) is 0 Å². The Morgan fingerprint density at radius 2 is 2.05 bits per heavy atom. The normalized spacial score (nSPS) is 16.2. The van der Waals surface area contributed by atoms with Crippen molar-refractivity contribution in [2.45, 2.75) is 26.2 Å². The van der Waals surface area contributed by atoms with Crippen LogP contribution >= 0.6 is 23.2 Å². The first kappa shape index (κ1) is 15.5. The first-order valence-corrected chi connectivity index (χ1v) is 7.78. The van der Waals surface area contributed by atoms with E-state index in [1.54, 1.807) is 18.2 Å². The molecule has 2 rings (SSSR count). The zero-order valence-corrected chi connectivity index (χ0v) is 13.2. The molecule has 0 bridgehead atoms. The molecule has 20 heavy (non-hydrogen) atoms. The molecular formula is C15H20Cl2N2O. The topological polar surface area (TPSA) is 32.3 Å². The molecule has 110 valence electrons. The summed E-state index contributed by atoms with van der Waals surface area (Å²) in [4.78, 5) is 14.0. The van der Waals surface area contributed by atoms with Gasteiger partial charge in [-0.05, 0) is 37.0 Å². The van der Waals surface area contributed by atoms with Crippen molar-refractivity contribution >= 4 is 34.8 Å². The van der Waals surface area contributed by atoms with E-state index < -0.39 is 0 Å². The molecule has 1 saturated heterocycles. The molecule has 1 aromatic rings.